The monoisotopic (exact) mass is 280 g/mol. The molecule has 2 rings (SSSR count). The van der Waals surface area contributed by atoms with Gasteiger partial charge in [-0.1, -0.05) is 6.07 Å². The summed E-state index contributed by atoms with van der Waals surface area (Å²) in [6.07, 6.45) is 0.269. The Morgan fingerprint density at radius 2 is 2.35 bits per heavy atom. The first-order valence-electron chi connectivity index (χ1n) is 6.73. The van der Waals surface area contributed by atoms with Crippen LogP contribution in [0.15, 0.2) is 18.2 Å². The summed E-state index contributed by atoms with van der Waals surface area (Å²) >= 11 is 0. The van der Waals surface area contributed by atoms with Crippen molar-refractivity contribution in [3.63, 3.8) is 0 Å². The molecule has 2 atom stereocenters. The maximum absolute atomic E-state index is 11.2. The van der Waals surface area contributed by atoms with E-state index in [2.05, 4.69) is 0 Å². The average molecular weight is 280 g/mol. The van der Waals surface area contributed by atoms with Crippen molar-refractivity contribution in [2.45, 2.75) is 19.4 Å². The summed E-state index contributed by atoms with van der Waals surface area (Å²) in [5.41, 5.74) is 1.24. The number of nitro benzene ring substituents is 1. The van der Waals surface area contributed by atoms with Crippen LogP contribution in [-0.4, -0.2) is 36.8 Å². The number of rotatable bonds is 5. The molecule has 20 heavy (non-hydrogen) atoms. The molecule has 0 amide bonds. The number of aliphatic hydroxyl groups is 1. The molecule has 6 nitrogen and oxygen atoms in total. The van der Waals surface area contributed by atoms with Crippen molar-refractivity contribution >= 4 is 11.4 Å². The summed E-state index contributed by atoms with van der Waals surface area (Å²) in [5.74, 6) is 0.413. The quantitative estimate of drug-likeness (QED) is 0.660. The van der Waals surface area contributed by atoms with Crippen LogP contribution >= 0.6 is 0 Å². The Labute approximate surface area is 118 Å². The molecule has 1 saturated heterocycles. The van der Waals surface area contributed by atoms with E-state index >= 15 is 0 Å². The lowest BCUT2D eigenvalue weighted by Crippen LogP contribution is -2.22. The first kappa shape index (κ1) is 14.7. The van der Waals surface area contributed by atoms with Gasteiger partial charge in [-0.25, -0.2) is 0 Å². The smallest absolute Gasteiger partial charge is 0.292 e. The molecule has 1 aliphatic rings. The number of nitro groups is 1. The summed E-state index contributed by atoms with van der Waals surface area (Å²) in [6.45, 7) is 3.84. The van der Waals surface area contributed by atoms with Crippen LogP contribution in [0.4, 0.5) is 11.4 Å². The van der Waals surface area contributed by atoms with Crippen molar-refractivity contribution in [1.82, 2.24) is 0 Å². The molecular formula is C14H20N2O4. The van der Waals surface area contributed by atoms with Gasteiger partial charge in [0.2, 0.25) is 0 Å². The number of aliphatic hydroxyl groups excluding tert-OH is 1. The van der Waals surface area contributed by atoms with Crippen molar-refractivity contribution in [3.8, 4) is 0 Å². The fourth-order valence-electron chi connectivity index (χ4n) is 2.64. The van der Waals surface area contributed by atoms with Gasteiger partial charge in [-0.15, -0.1) is 0 Å². The molecule has 1 aromatic rings. The van der Waals surface area contributed by atoms with E-state index < -0.39 is 6.10 Å². The first-order chi connectivity index (χ1) is 9.52. The molecule has 1 fully saturated rings. The van der Waals surface area contributed by atoms with Gasteiger partial charge in [-0.05, 0) is 25.0 Å². The number of ether oxygens (including phenoxy) is 1. The second-order valence-electron chi connectivity index (χ2n) is 5.24. The van der Waals surface area contributed by atoms with Crippen LogP contribution in [0.3, 0.4) is 0 Å². The third-order valence-corrected chi connectivity index (χ3v) is 3.71. The van der Waals surface area contributed by atoms with Crippen LogP contribution in [0.25, 0.3) is 0 Å². The molecule has 0 aromatic heterocycles. The van der Waals surface area contributed by atoms with Crippen LogP contribution in [0.1, 0.15) is 25.0 Å². The molecule has 0 aliphatic carbocycles. The van der Waals surface area contributed by atoms with Gasteiger partial charge in [-0.3, -0.25) is 10.1 Å². The largest absolute Gasteiger partial charge is 0.389 e. The number of hydrogen-bond donors (Lipinski definition) is 1. The Hall–Kier alpha value is -1.66. The van der Waals surface area contributed by atoms with Gasteiger partial charge < -0.3 is 14.7 Å². The van der Waals surface area contributed by atoms with Crippen molar-refractivity contribution < 1.29 is 14.8 Å². The van der Waals surface area contributed by atoms with Crippen molar-refractivity contribution in [3.05, 3.63) is 33.9 Å². The SMILES string of the molecule is COCC1CCN(c2ccc([C@@H](C)O)cc2[N+](=O)[O-])C1. The van der Waals surface area contributed by atoms with E-state index in [9.17, 15) is 15.2 Å². The van der Waals surface area contributed by atoms with E-state index in [1.807, 2.05) is 4.90 Å². The van der Waals surface area contributed by atoms with E-state index in [0.29, 0.717) is 23.8 Å². The fraction of sp³-hybridized carbons (Fsp3) is 0.571. The Morgan fingerprint density at radius 3 is 2.95 bits per heavy atom. The molecule has 110 valence electrons. The van der Waals surface area contributed by atoms with Gasteiger partial charge in [0.25, 0.3) is 5.69 Å². The number of benzene rings is 1. The zero-order chi connectivity index (χ0) is 14.7. The Bertz CT molecular complexity index is 490. The average Bonchev–Trinajstić information content (AvgIpc) is 2.86. The highest BCUT2D eigenvalue weighted by Crippen LogP contribution is 2.34. The second kappa shape index (κ2) is 6.19. The highest BCUT2D eigenvalue weighted by Gasteiger charge is 2.28. The fourth-order valence-corrected chi connectivity index (χ4v) is 2.64. The summed E-state index contributed by atoms with van der Waals surface area (Å²) in [4.78, 5) is 12.9. The standard InChI is InChI=1S/C14H20N2O4/c1-10(17)12-3-4-13(14(7-12)16(18)19)15-6-5-11(8-15)9-20-2/h3-4,7,10-11,17H,5-6,8-9H2,1-2H3/t10-,11?/m1/s1. The van der Waals surface area contributed by atoms with Crippen LogP contribution in [0, 0.1) is 16.0 Å². The number of nitrogens with zero attached hydrogens (tertiary/aromatic N) is 2. The lowest BCUT2D eigenvalue weighted by molar-refractivity contribution is -0.384. The predicted molar refractivity (Wildman–Crippen MR) is 75.9 cm³/mol. The maximum Gasteiger partial charge on any atom is 0.292 e. The van der Waals surface area contributed by atoms with Gasteiger partial charge in [0, 0.05) is 32.2 Å². The van der Waals surface area contributed by atoms with Gasteiger partial charge >= 0.3 is 0 Å². The molecule has 0 spiro atoms. The molecule has 1 aliphatic heterocycles. The highest BCUT2D eigenvalue weighted by atomic mass is 16.6. The number of hydrogen-bond acceptors (Lipinski definition) is 5. The van der Waals surface area contributed by atoms with Crippen LogP contribution in [0.2, 0.25) is 0 Å². The van der Waals surface area contributed by atoms with E-state index in [0.717, 1.165) is 19.5 Å². The van der Waals surface area contributed by atoms with Crippen molar-refractivity contribution in [2.24, 2.45) is 5.92 Å². The highest BCUT2D eigenvalue weighted by molar-refractivity contribution is 5.65. The summed E-state index contributed by atoms with van der Waals surface area (Å²) in [6, 6.07) is 4.94. The molecule has 1 heterocycles. The Kier molecular flexibility index (Phi) is 4.57. The summed E-state index contributed by atoms with van der Waals surface area (Å²) in [5, 5.41) is 20.8. The number of anilines is 1. The van der Waals surface area contributed by atoms with Crippen LogP contribution < -0.4 is 4.90 Å². The Morgan fingerprint density at radius 1 is 1.60 bits per heavy atom. The maximum atomic E-state index is 11.2. The van der Waals surface area contributed by atoms with E-state index in [4.69, 9.17) is 4.74 Å². The van der Waals surface area contributed by atoms with Gasteiger partial charge in [-0.2, -0.15) is 0 Å². The van der Waals surface area contributed by atoms with E-state index in [1.54, 1.807) is 26.2 Å². The second-order valence-corrected chi connectivity index (χ2v) is 5.24. The third-order valence-electron chi connectivity index (χ3n) is 3.71. The van der Waals surface area contributed by atoms with Crippen molar-refractivity contribution in [1.29, 1.82) is 0 Å². The molecule has 6 heteroatoms. The van der Waals surface area contributed by atoms with E-state index in [1.165, 1.54) is 6.07 Å². The predicted octanol–water partition coefficient (Wildman–Crippen LogP) is 2.12. The van der Waals surface area contributed by atoms with Crippen molar-refractivity contribution in [2.75, 3.05) is 31.7 Å². The lowest BCUT2D eigenvalue weighted by atomic mass is 10.1. The number of methoxy groups -OCH3 is 1. The Balaban J connectivity index is 2.25. The van der Waals surface area contributed by atoms with E-state index in [-0.39, 0.29) is 10.6 Å². The van der Waals surface area contributed by atoms with Crippen LogP contribution in [0.5, 0.6) is 0 Å². The zero-order valence-electron chi connectivity index (χ0n) is 11.8. The molecule has 1 N–H and O–H groups in total. The molecular weight excluding hydrogens is 260 g/mol. The molecule has 0 radical (unpaired) electrons. The minimum Gasteiger partial charge on any atom is -0.389 e. The topological polar surface area (TPSA) is 75.8 Å². The summed E-state index contributed by atoms with van der Waals surface area (Å²) < 4.78 is 5.14. The third kappa shape index (κ3) is 3.08. The normalized spacial score (nSPS) is 20.1. The zero-order valence-corrected chi connectivity index (χ0v) is 11.8. The molecule has 0 bridgehead atoms. The van der Waals surface area contributed by atoms with Gasteiger partial charge in [0.1, 0.15) is 5.69 Å². The van der Waals surface area contributed by atoms with Crippen LogP contribution in [-0.2, 0) is 4.74 Å². The first-order valence-corrected chi connectivity index (χ1v) is 6.73. The van der Waals surface area contributed by atoms with Gasteiger partial charge in [0.05, 0.1) is 17.6 Å². The molecule has 0 saturated carbocycles. The molecule has 1 unspecified atom stereocenters. The summed E-state index contributed by atoms with van der Waals surface area (Å²) in [7, 11) is 1.67. The van der Waals surface area contributed by atoms with Gasteiger partial charge in [0.15, 0.2) is 0 Å². The lowest BCUT2D eigenvalue weighted by Gasteiger charge is -2.19. The minimum atomic E-state index is -0.706. The minimum absolute atomic E-state index is 0.0569. The molecule has 1 aromatic carbocycles.